The highest BCUT2D eigenvalue weighted by molar-refractivity contribution is 7.97. The third-order valence-corrected chi connectivity index (χ3v) is 8.11. The highest BCUT2D eigenvalue weighted by atomic mass is 32.2. The summed E-state index contributed by atoms with van der Waals surface area (Å²) in [6.45, 7) is 6.83. The highest BCUT2D eigenvalue weighted by Gasteiger charge is 2.28. The largest absolute Gasteiger partial charge is 0.382 e. The van der Waals surface area contributed by atoms with Crippen molar-refractivity contribution in [2.24, 2.45) is 0 Å². The molecular formula is C25H32N4S. The summed E-state index contributed by atoms with van der Waals surface area (Å²) >= 11 is 2.10. The Morgan fingerprint density at radius 2 is 1.93 bits per heavy atom. The Hall–Kier alpha value is -1.98. The molecule has 1 aromatic heterocycles. The van der Waals surface area contributed by atoms with Gasteiger partial charge in [0.05, 0.1) is 0 Å². The van der Waals surface area contributed by atoms with Gasteiger partial charge < -0.3 is 10.2 Å². The minimum atomic E-state index is 0.405. The first-order valence-corrected chi connectivity index (χ1v) is 12.1. The Labute approximate surface area is 184 Å². The molecule has 0 bridgehead atoms. The fraction of sp³-hybridized carbons (Fsp3) is 0.480. The number of aromatic nitrogens is 1. The van der Waals surface area contributed by atoms with E-state index in [1.54, 1.807) is 0 Å². The average molecular weight is 421 g/mol. The standard InChI is InChI=1S/C25H32N4S/c1-17-12-20(13-18(2)28(17)3)21-14-19-6-9-26-16-24(19)25(15-21)27-22-7-10-29(11-8-22)30-23-4-5-23/h6,9,12-17,22-23,27H,4-5,7-8,10-11H2,1-3H3. The van der Waals surface area contributed by atoms with Crippen molar-refractivity contribution in [2.45, 2.75) is 56.9 Å². The van der Waals surface area contributed by atoms with E-state index in [0.29, 0.717) is 12.1 Å². The minimum absolute atomic E-state index is 0.405. The third kappa shape index (κ3) is 4.23. The molecule has 2 fully saturated rings. The number of allylic oxidation sites excluding steroid dienone is 3. The molecule has 2 aliphatic heterocycles. The van der Waals surface area contributed by atoms with E-state index < -0.39 is 0 Å². The van der Waals surface area contributed by atoms with Gasteiger partial charge in [0, 0.05) is 66.6 Å². The summed E-state index contributed by atoms with van der Waals surface area (Å²) in [4.78, 5) is 6.73. The molecule has 0 spiro atoms. The number of rotatable bonds is 5. The normalized spacial score (nSPS) is 23.4. The van der Waals surface area contributed by atoms with E-state index in [-0.39, 0.29) is 0 Å². The van der Waals surface area contributed by atoms with Gasteiger partial charge in [0.25, 0.3) is 0 Å². The number of piperidine rings is 1. The van der Waals surface area contributed by atoms with Gasteiger partial charge >= 0.3 is 0 Å². The molecular weight excluding hydrogens is 388 g/mol. The molecule has 5 heteroatoms. The quantitative estimate of drug-likeness (QED) is 0.642. The maximum Gasteiger partial charge on any atom is 0.0447 e. The van der Waals surface area contributed by atoms with Crippen LogP contribution in [0.2, 0.25) is 0 Å². The monoisotopic (exact) mass is 420 g/mol. The van der Waals surface area contributed by atoms with Gasteiger partial charge in [-0.05, 0) is 80.3 Å². The van der Waals surface area contributed by atoms with E-state index in [0.717, 1.165) is 5.25 Å². The molecule has 1 atom stereocenters. The molecule has 1 aliphatic carbocycles. The predicted molar refractivity (Wildman–Crippen MR) is 130 cm³/mol. The fourth-order valence-corrected chi connectivity index (χ4v) is 5.63. The number of anilines is 1. The molecule has 4 nitrogen and oxygen atoms in total. The van der Waals surface area contributed by atoms with E-state index in [1.807, 2.05) is 12.4 Å². The molecule has 2 aromatic rings. The van der Waals surface area contributed by atoms with Gasteiger partial charge in [0.15, 0.2) is 0 Å². The van der Waals surface area contributed by atoms with Gasteiger partial charge in [-0.1, -0.05) is 18.0 Å². The molecule has 1 saturated heterocycles. The summed E-state index contributed by atoms with van der Waals surface area (Å²) in [6.07, 6.45) is 13.8. The minimum Gasteiger partial charge on any atom is -0.382 e. The lowest BCUT2D eigenvalue weighted by atomic mass is 9.95. The molecule has 158 valence electrons. The Bertz CT molecular complexity index is 986. The summed E-state index contributed by atoms with van der Waals surface area (Å²) in [5, 5.41) is 7.27. The van der Waals surface area contributed by atoms with Crippen LogP contribution in [0.5, 0.6) is 0 Å². The highest BCUT2D eigenvalue weighted by Crippen LogP contribution is 2.38. The SMILES string of the molecule is CC1=CC(c2cc(NC3CCN(SC4CC4)CC3)c3cnccc3c2)=CC(C)N1C. The molecule has 1 aromatic carbocycles. The number of nitrogens with one attached hydrogen (secondary N) is 1. The molecule has 1 saturated carbocycles. The number of benzene rings is 1. The lowest BCUT2D eigenvalue weighted by Gasteiger charge is -2.32. The zero-order valence-electron chi connectivity index (χ0n) is 18.3. The van der Waals surface area contributed by atoms with Gasteiger partial charge in [-0.3, -0.25) is 9.29 Å². The van der Waals surface area contributed by atoms with Crippen LogP contribution in [0, 0.1) is 0 Å². The molecule has 5 rings (SSSR count). The fourth-order valence-electron chi connectivity index (χ4n) is 4.44. The second-order valence-electron chi connectivity index (χ2n) is 9.03. The Balaban J connectivity index is 1.40. The molecule has 0 radical (unpaired) electrons. The van der Waals surface area contributed by atoms with Crippen LogP contribution in [0.3, 0.4) is 0 Å². The summed E-state index contributed by atoms with van der Waals surface area (Å²) in [5.41, 5.74) is 5.14. The smallest absolute Gasteiger partial charge is 0.0447 e. The van der Waals surface area contributed by atoms with Crippen molar-refractivity contribution in [3.8, 4) is 0 Å². The van der Waals surface area contributed by atoms with E-state index in [9.17, 15) is 0 Å². The first-order chi connectivity index (χ1) is 14.6. The van der Waals surface area contributed by atoms with Crippen LogP contribution in [-0.2, 0) is 0 Å². The van der Waals surface area contributed by atoms with Crippen LogP contribution in [0.25, 0.3) is 16.3 Å². The lowest BCUT2D eigenvalue weighted by Crippen LogP contribution is -2.35. The zero-order chi connectivity index (χ0) is 20.7. The number of pyridine rings is 1. The maximum atomic E-state index is 4.41. The van der Waals surface area contributed by atoms with Crippen LogP contribution < -0.4 is 5.32 Å². The lowest BCUT2D eigenvalue weighted by molar-refractivity contribution is 0.358. The summed E-state index contributed by atoms with van der Waals surface area (Å²) in [6, 6.07) is 7.72. The van der Waals surface area contributed by atoms with Crippen molar-refractivity contribution in [2.75, 3.05) is 25.5 Å². The Morgan fingerprint density at radius 3 is 2.67 bits per heavy atom. The van der Waals surface area contributed by atoms with Gasteiger partial charge in [-0.25, -0.2) is 0 Å². The van der Waals surface area contributed by atoms with Gasteiger partial charge in [0.1, 0.15) is 0 Å². The first kappa shape index (κ1) is 20.0. The number of likely N-dealkylation sites (N-methyl/N-ethyl adjacent to an activating group) is 1. The molecule has 1 N–H and O–H groups in total. The number of hydrogen-bond acceptors (Lipinski definition) is 5. The first-order valence-electron chi connectivity index (χ1n) is 11.3. The predicted octanol–water partition coefficient (Wildman–Crippen LogP) is 5.54. The zero-order valence-corrected chi connectivity index (χ0v) is 19.1. The second kappa shape index (κ2) is 8.27. The Morgan fingerprint density at radius 1 is 1.13 bits per heavy atom. The van der Waals surface area contributed by atoms with E-state index >= 15 is 0 Å². The van der Waals surface area contributed by atoms with E-state index in [1.165, 1.54) is 72.1 Å². The number of fused-ring (bicyclic) bond motifs is 1. The second-order valence-corrected chi connectivity index (χ2v) is 10.4. The molecule has 30 heavy (non-hydrogen) atoms. The van der Waals surface area contributed by atoms with Crippen molar-refractivity contribution >= 4 is 34.0 Å². The van der Waals surface area contributed by atoms with Crippen molar-refractivity contribution in [3.63, 3.8) is 0 Å². The van der Waals surface area contributed by atoms with Crippen LogP contribution >= 0.6 is 11.9 Å². The topological polar surface area (TPSA) is 31.4 Å². The summed E-state index contributed by atoms with van der Waals surface area (Å²) in [7, 11) is 2.16. The van der Waals surface area contributed by atoms with Gasteiger partial charge in [-0.2, -0.15) is 0 Å². The van der Waals surface area contributed by atoms with E-state index in [4.69, 9.17) is 0 Å². The van der Waals surface area contributed by atoms with Crippen molar-refractivity contribution in [1.82, 2.24) is 14.2 Å². The summed E-state index contributed by atoms with van der Waals surface area (Å²) in [5.74, 6) is 0. The molecule has 3 heterocycles. The number of hydrogen-bond donors (Lipinski definition) is 1. The van der Waals surface area contributed by atoms with Crippen LogP contribution in [0.4, 0.5) is 5.69 Å². The van der Waals surface area contributed by atoms with E-state index in [2.05, 4.69) is 82.7 Å². The maximum absolute atomic E-state index is 4.41. The van der Waals surface area contributed by atoms with Crippen LogP contribution in [0.1, 0.15) is 45.1 Å². The Kier molecular flexibility index (Phi) is 5.50. The number of nitrogens with zero attached hydrogens (tertiary/aromatic N) is 3. The molecule has 3 aliphatic rings. The van der Waals surface area contributed by atoms with Crippen LogP contribution in [0.15, 0.2) is 48.4 Å². The summed E-state index contributed by atoms with van der Waals surface area (Å²) < 4.78 is 2.59. The van der Waals surface area contributed by atoms with Crippen molar-refractivity contribution in [3.05, 3.63) is 54.0 Å². The molecule has 1 unspecified atom stereocenters. The third-order valence-electron chi connectivity index (χ3n) is 6.68. The van der Waals surface area contributed by atoms with Crippen molar-refractivity contribution in [1.29, 1.82) is 0 Å². The average Bonchev–Trinajstić information content (AvgIpc) is 3.57. The van der Waals surface area contributed by atoms with Crippen molar-refractivity contribution < 1.29 is 0 Å². The van der Waals surface area contributed by atoms with Crippen LogP contribution in [-0.4, -0.2) is 51.7 Å². The van der Waals surface area contributed by atoms with Gasteiger partial charge in [0.2, 0.25) is 0 Å². The van der Waals surface area contributed by atoms with Gasteiger partial charge in [-0.15, -0.1) is 0 Å². The molecule has 0 amide bonds.